The highest BCUT2D eigenvalue weighted by Gasteiger charge is 2.32. The second kappa shape index (κ2) is 6.66. The van der Waals surface area contributed by atoms with Crippen LogP contribution < -0.4 is 10.1 Å². The van der Waals surface area contributed by atoms with Gasteiger partial charge in [0.15, 0.2) is 0 Å². The number of alkyl halides is 3. The Bertz CT molecular complexity index is 456. The SMILES string of the molecule is CC(C)N(Cc1ccccc1OC(F)(F)F)[C@H]1CCNC1. The standard InChI is InChI=1S/C15H21F3N2O/c1-11(2)20(13-7-8-19-9-13)10-12-5-3-4-6-14(12)21-15(16,17)18/h3-6,11,13,19H,7-10H2,1-2H3/t13-/m0/s1. The van der Waals surface area contributed by atoms with Crippen molar-refractivity contribution < 1.29 is 17.9 Å². The molecule has 1 heterocycles. The third-order valence-electron chi connectivity index (χ3n) is 3.72. The average Bonchev–Trinajstić information content (AvgIpc) is 2.89. The van der Waals surface area contributed by atoms with E-state index in [0.717, 1.165) is 19.5 Å². The van der Waals surface area contributed by atoms with Gasteiger partial charge in [-0.05, 0) is 32.9 Å². The van der Waals surface area contributed by atoms with Gasteiger partial charge >= 0.3 is 6.36 Å². The molecule has 6 heteroatoms. The van der Waals surface area contributed by atoms with Crippen LogP contribution in [0.3, 0.4) is 0 Å². The molecule has 118 valence electrons. The Labute approximate surface area is 123 Å². The third kappa shape index (κ3) is 4.61. The molecule has 21 heavy (non-hydrogen) atoms. The van der Waals surface area contributed by atoms with Crippen LogP contribution in [-0.2, 0) is 6.54 Å². The van der Waals surface area contributed by atoms with Crippen molar-refractivity contribution in [1.29, 1.82) is 0 Å². The topological polar surface area (TPSA) is 24.5 Å². The summed E-state index contributed by atoms with van der Waals surface area (Å²) < 4.78 is 41.6. The van der Waals surface area contributed by atoms with Crippen molar-refractivity contribution in [3.63, 3.8) is 0 Å². The summed E-state index contributed by atoms with van der Waals surface area (Å²) in [6.45, 7) is 6.41. The molecule has 0 aromatic heterocycles. The van der Waals surface area contributed by atoms with Gasteiger partial charge in [0, 0.05) is 30.7 Å². The maximum absolute atomic E-state index is 12.5. The lowest BCUT2D eigenvalue weighted by molar-refractivity contribution is -0.275. The minimum atomic E-state index is -4.66. The molecule has 0 radical (unpaired) electrons. The second-order valence-electron chi connectivity index (χ2n) is 5.57. The van der Waals surface area contributed by atoms with E-state index in [2.05, 4.69) is 28.8 Å². The van der Waals surface area contributed by atoms with E-state index in [-0.39, 0.29) is 11.8 Å². The van der Waals surface area contributed by atoms with E-state index < -0.39 is 6.36 Å². The van der Waals surface area contributed by atoms with E-state index >= 15 is 0 Å². The van der Waals surface area contributed by atoms with Crippen LogP contribution >= 0.6 is 0 Å². The number of rotatable bonds is 5. The number of para-hydroxylation sites is 1. The molecule has 1 aromatic carbocycles. The van der Waals surface area contributed by atoms with Crippen molar-refractivity contribution in [2.75, 3.05) is 13.1 Å². The highest BCUT2D eigenvalue weighted by Crippen LogP contribution is 2.28. The molecule has 1 aliphatic heterocycles. The van der Waals surface area contributed by atoms with Crippen LogP contribution in [0.5, 0.6) is 5.75 Å². The Morgan fingerprint density at radius 2 is 2.05 bits per heavy atom. The fourth-order valence-electron chi connectivity index (χ4n) is 2.71. The minimum absolute atomic E-state index is 0.110. The fourth-order valence-corrected chi connectivity index (χ4v) is 2.71. The largest absolute Gasteiger partial charge is 0.573 e. The van der Waals surface area contributed by atoms with Crippen molar-refractivity contribution >= 4 is 0 Å². The van der Waals surface area contributed by atoms with Gasteiger partial charge in [-0.3, -0.25) is 4.90 Å². The first-order valence-electron chi connectivity index (χ1n) is 7.17. The maximum atomic E-state index is 12.5. The number of benzene rings is 1. The monoisotopic (exact) mass is 302 g/mol. The van der Waals surface area contributed by atoms with Crippen molar-refractivity contribution in [3.8, 4) is 5.75 Å². The van der Waals surface area contributed by atoms with Crippen molar-refractivity contribution in [1.82, 2.24) is 10.2 Å². The van der Waals surface area contributed by atoms with E-state index in [1.165, 1.54) is 6.07 Å². The van der Waals surface area contributed by atoms with Gasteiger partial charge in [-0.1, -0.05) is 18.2 Å². The highest BCUT2D eigenvalue weighted by atomic mass is 19.4. The van der Waals surface area contributed by atoms with Gasteiger partial charge in [-0.2, -0.15) is 0 Å². The van der Waals surface area contributed by atoms with Gasteiger partial charge in [0.25, 0.3) is 0 Å². The zero-order valence-electron chi connectivity index (χ0n) is 12.3. The van der Waals surface area contributed by atoms with Crippen LogP contribution in [0.4, 0.5) is 13.2 Å². The van der Waals surface area contributed by atoms with Gasteiger partial charge < -0.3 is 10.1 Å². The van der Waals surface area contributed by atoms with Gasteiger partial charge in [-0.15, -0.1) is 13.2 Å². The minimum Gasteiger partial charge on any atom is -0.405 e. The molecule has 0 amide bonds. The molecule has 0 aliphatic carbocycles. The highest BCUT2D eigenvalue weighted by molar-refractivity contribution is 5.33. The molecule has 0 spiro atoms. The molecular weight excluding hydrogens is 281 g/mol. The lowest BCUT2D eigenvalue weighted by Crippen LogP contribution is -2.41. The Hall–Kier alpha value is -1.27. The Morgan fingerprint density at radius 3 is 2.62 bits per heavy atom. The predicted octanol–water partition coefficient (Wildman–Crippen LogP) is 3.16. The smallest absolute Gasteiger partial charge is 0.405 e. The number of halogens is 3. The Balaban J connectivity index is 2.16. The summed E-state index contributed by atoms with van der Waals surface area (Å²) in [5, 5.41) is 3.29. The lowest BCUT2D eigenvalue weighted by Gasteiger charge is -2.32. The predicted molar refractivity (Wildman–Crippen MR) is 75.1 cm³/mol. The van der Waals surface area contributed by atoms with Crippen LogP contribution in [0.25, 0.3) is 0 Å². The molecule has 1 aromatic rings. The fraction of sp³-hybridized carbons (Fsp3) is 0.600. The number of nitrogens with zero attached hydrogens (tertiary/aromatic N) is 1. The summed E-state index contributed by atoms with van der Waals surface area (Å²) in [5.41, 5.74) is 0.565. The van der Waals surface area contributed by atoms with Gasteiger partial charge in [0.05, 0.1) is 0 Å². The normalized spacial score (nSPS) is 19.5. The zero-order valence-corrected chi connectivity index (χ0v) is 12.3. The average molecular weight is 302 g/mol. The Morgan fingerprint density at radius 1 is 1.33 bits per heavy atom. The van der Waals surface area contributed by atoms with Gasteiger partial charge in [0.2, 0.25) is 0 Å². The number of ether oxygens (including phenoxy) is 1. The van der Waals surface area contributed by atoms with Crippen LogP contribution in [0.1, 0.15) is 25.8 Å². The van der Waals surface area contributed by atoms with E-state index in [1.54, 1.807) is 18.2 Å². The molecule has 0 saturated carbocycles. The molecule has 1 N–H and O–H groups in total. The first-order valence-corrected chi connectivity index (χ1v) is 7.17. The van der Waals surface area contributed by atoms with Crippen LogP contribution in [0.2, 0.25) is 0 Å². The maximum Gasteiger partial charge on any atom is 0.573 e. The first-order chi connectivity index (χ1) is 9.87. The van der Waals surface area contributed by atoms with Gasteiger partial charge in [0.1, 0.15) is 5.75 Å². The first kappa shape index (κ1) is 16.1. The number of nitrogens with one attached hydrogen (secondary N) is 1. The van der Waals surface area contributed by atoms with Gasteiger partial charge in [-0.25, -0.2) is 0 Å². The summed E-state index contributed by atoms with van der Waals surface area (Å²) in [6.07, 6.45) is -3.64. The molecule has 0 bridgehead atoms. The van der Waals surface area contributed by atoms with E-state index in [9.17, 15) is 13.2 Å². The van der Waals surface area contributed by atoms with E-state index in [0.29, 0.717) is 18.2 Å². The summed E-state index contributed by atoms with van der Waals surface area (Å²) in [4.78, 5) is 2.22. The quantitative estimate of drug-likeness (QED) is 0.904. The van der Waals surface area contributed by atoms with E-state index in [1.807, 2.05) is 0 Å². The molecule has 2 rings (SSSR count). The van der Waals surface area contributed by atoms with Crippen LogP contribution in [0.15, 0.2) is 24.3 Å². The summed E-state index contributed by atoms with van der Waals surface area (Å²) >= 11 is 0. The van der Waals surface area contributed by atoms with Crippen molar-refractivity contribution in [2.45, 2.75) is 45.3 Å². The Kier molecular flexibility index (Phi) is 5.11. The molecule has 1 aliphatic rings. The van der Waals surface area contributed by atoms with E-state index in [4.69, 9.17) is 0 Å². The third-order valence-corrected chi connectivity index (χ3v) is 3.72. The molecular formula is C15H21F3N2O. The molecule has 3 nitrogen and oxygen atoms in total. The molecule has 1 saturated heterocycles. The molecule has 1 fully saturated rings. The second-order valence-corrected chi connectivity index (χ2v) is 5.57. The van der Waals surface area contributed by atoms with Crippen molar-refractivity contribution in [2.24, 2.45) is 0 Å². The number of hydrogen-bond donors (Lipinski definition) is 1. The zero-order chi connectivity index (χ0) is 15.5. The lowest BCUT2D eigenvalue weighted by atomic mass is 10.1. The number of hydrogen-bond acceptors (Lipinski definition) is 3. The molecule has 0 unspecified atom stereocenters. The summed E-state index contributed by atoms with van der Waals surface area (Å²) in [7, 11) is 0. The van der Waals surface area contributed by atoms with Crippen LogP contribution in [0, 0.1) is 0 Å². The summed E-state index contributed by atoms with van der Waals surface area (Å²) in [6, 6.07) is 6.97. The van der Waals surface area contributed by atoms with Crippen LogP contribution in [-0.4, -0.2) is 36.4 Å². The van der Waals surface area contributed by atoms with Crippen molar-refractivity contribution in [3.05, 3.63) is 29.8 Å². The molecule has 1 atom stereocenters. The summed E-state index contributed by atoms with van der Waals surface area (Å²) in [5.74, 6) is -0.110.